The summed E-state index contributed by atoms with van der Waals surface area (Å²) in [7, 11) is 1.54. The molecule has 2 N–H and O–H groups in total. The van der Waals surface area contributed by atoms with Crippen molar-refractivity contribution in [1.29, 1.82) is 0 Å². The number of hydrogen-bond donors (Lipinski definition) is 2. The molecule has 1 unspecified atom stereocenters. The molecule has 11 heteroatoms. The molecule has 0 spiro atoms. The molecule has 33 heavy (non-hydrogen) atoms. The molecule has 1 aromatic carbocycles. The Labute approximate surface area is 191 Å². The molecule has 2 aromatic rings. The summed E-state index contributed by atoms with van der Waals surface area (Å²) < 4.78 is 12.7. The van der Waals surface area contributed by atoms with Gasteiger partial charge in [0.15, 0.2) is 0 Å². The average molecular weight is 457 g/mol. The molecule has 1 aromatic heterocycles. The minimum absolute atomic E-state index is 0.0437. The van der Waals surface area contributed by atoms with Crippen LogP contribution in [-0.4, -0.2) is 77.3 Å². The van der Waals surface area contributed by atoms with Gasteiger partial charge >= 0.3 is 0 Å². The van der Waals surface area contributed by atoms with Crippen LogP contribution >= 0.6 is 0 Å². The van der Waals surface area contributed by atoms with Crippen molar-refractivity contribution in [2.24, 2.45) is 5.92 Å². The van der Waals surface area contributed by atoms with Crippen LogP contribution in [0.25, 0.3) is 0 Å². The molecule has 11 nitrogen and oxygen atoms in total. The van der Waals surface area contributed by atoms with Gasteiger partial charge in [-0.25, -0.2) is 9.67 Å². The number of fused-ring (bicyclic) bond motifs is 2. The fourth-order valence-electron chi connectivity index (χ4n) is 4.05. The highest BCUT2D eigenvalue weighted by atomic mass is 16.5. The Morgan fingerprint density at radius 3 is 2.97 bits per heavy atom. The number of aryl methyl sites for hydroxylation is 1. The molecule has 4 rings (SSSR count). The first-order valence-corrected chi connectivity index (χ1v) is 11.1. The number of benzene rings is 1. The number of nitrogens with one attached hydrogen (secondary N) is 2. The Kier molecular flexibility index (Phi) is 7.06. The van der Waals surface area contributed by atoms with Crippen LogP contribution in [0, 0.1) is 5.92 Å². The van der Waals surface area contributed by atoms with Gasteiger partial charge in [0.2, 0.25) is 11.8 Å². The minimum Gasteiger partial charge on any atom is -0.497 e. The smallest absolute Gasteiger partial charge is 0.255 e. The summed E-state index contributed by atoms with van der Waals surface area (Å²) >= 11 is 0. The first kappa shape index (κ1) is 22.6. The SMILES string of the molecule is COc1ccc2c(c1)OCCNC(=O)CN(C(=O)C1CCc3ncnn3C1)CCCNC2=O. The zero-order valence-corrected chi connectivity index (χ0v) is 18.6. The number of hydrogen-bond acceptors (Lipinski definition) is 7. The lowest BCUT2D eigenvalue weighted by Crippen LogP contribution is -2.46. The second-order valence-corrected chi connectivity index (χ2v) is 8.02. The number of methoxy groups -OCH3 is 1. The van der Waals surface area contributed by atoms with E-state index in [1.54, 1.807) is 27.8 Å². The lowest BCUT2D eigenvalue weighted by Gasteiger charge is -2.29. The number of ether oxygens (including phenoxy) is 2. The van der Waals surface area contributed by atoms with Crippen molar-refractivity contribution in [3.63, 3.8) is 0 Å². The summed E-state index contributed by atoms with van der Waals surface area (Å²) in [5, 5.41) is 9.83. The number of nitrogens with zero attached hydrogens (tertiary/aromatic N) is 4. The van der Waals surface area contributed by atoms with Crippen molar-refractivity contribution in [1.82, 2.24) is 30.3 Å². The standard InChI is InChI=1S/C22H28N6O5/c1-32-16-4-5-17-18(11-16)33-10-8-23-20(29)13-27(9-2-7-24-21(17)30)22(31)15-3-6-19-25-14-26-28(19)12-15/h4-5,11,14-15H,2-3,6-10,12-13H2,1H3,(H,23,29)(H,24,30). The summed E-state index contributed by atoms with van der Waals surface area (Å²) in [5.74, 6) is 0.970. The van der Waals surface area contributed by atoms with Gasteiger partial charge in [-0.2, -0.15) is 5.10 Å². The zero-order valence-electron chi connectivity index (χ0n) is 18.6. The Bertz CT molecular complexity index is 1020. The third-order valence-electron chi connectivity index (χ3n) is 5.81. The number of amides is 3. The molecule has 2 aliphatic heterocycles. The minimum atomic E-state index is -0.266. The molecule has 0 saturated heterocycles. The highest BCUT2D eigenvalue weighted by Crippen LogP contribution is 2.25. The van der Waals surface area contributed by atoms with Crippen molar-refractivity contribution in [3.05, 3.63) is 35.9 Å². The molecule has 0 radical (unpaired) electrons. The van der Waals surface area contributed by atoms with E-state index in [0.717, 1.165) is 5.82 Å². The van der Waals surface area contributed by atoms with E-state index in [4.69, 9.17) is 9.47 Å². The van der Waals surface area contributed by atoms with Crippen molar-refractivity contribution < 1.29 is 23.9 Å². The van der Waals surface area contributed by atoms with Gasteiger partial charge in [0, 0.05) is 25.6 Å². The van der Waals surface area contributed by atoms with Gasteiger partial charge in [-0.3, -0.25) is 14.4 Å². The van der Waals surface area contributed by atoms with Crippen molar-refractivity contribution in [2.45, 2.75) is 25.8 Å². The molecule has 1 atom stereocenters. The van der Waals surface area contributed by atoms with Crippen molar-refractivity contribution in [3.8, 4) is 11.5 Å². The van der Waals surface area contributed by atoms with Gasteiger partial charge in [-0.05, 0) is 25.0 Å². The first-order chi connectivity index (χ1) is 16.0. The Morgan fingerprint density at radius 2 is 2.12 bits per heavy atom. The van der Waals surface area contributed by atoms with Gasteiger partial charge in [0.05, 0.1) is 38.2 Å². The van der Waals surface area contributed by atoms with Gasteiger partial charge < -0.3 is 25.0 Å². The lowest BCUT2D eigenvalue weighted by molar-refractivity contribution is -0.140. The van der Waals surface area contributed by atoms with Crippen LogP contribution in [0.1, 0.15) is 29.0 Å². The van der Waals surface area contributed by atoms with Gasteiger partial charge in [0.1, 0.15) is 30.3 Å². The van der Waals surface area contributed by atoms with E-state index >= 15 is 0 Å². The topological polar surface area (TPSA) is 128 Å². The lowest BCUT2D eigenvalue weighted by atomic mass is 9.98. The number of rotatable bonds is 2. The van der Waals surface area contributed by atoms with Gasteiger partial charge in [-0.15, -0.1) is 0 Å². The summed E-state index contributed by atoms with van der Waals surface area (Å²) in [4.78, 5) is 44.2. The Balaban J connectivity index is 1.44. The van der Waals surface area contributed by atoms with Gasteiger partial charge in [-0.1, -0.05) is 0 Å². The second kappa shape index (κ2) is 10.3. The molecule has 3 amide bonds. The van der Waals surface area contributed by atoms with Crippen LogP contribution < -0.4 is 20.1 Å². The summed E-state index contributed by atoms with van der Waals surface area (Å²) in [5.41, 5.74) is 0.387. The molecule has 0 aliphatic carbocycles. The Hall–Kier alpha value is -3.63. The maximum absolute atomic E-state index is 13.2. The monoisotopic (exact) mass is 456 g/mol. The van der Waals surface area contributed by atoms with E-state index in [0.29, 0.717) is 56.0 Å². The van der Waals surface area contributed by atoms with E-state index in [2.05, 4.69) is 20.7 Å². The highest BCUT2D eigenvalue weighted by molar-refractivity contribution is 5.97. The second-order valence-electron chi connectivity index (χ2n) is 8.02. The summed E-state index contributed by atoms with van der Waals surface area (Å²) in [6.45, 7) is 1.54. The normalized spacial score (nSPS) is 19.8. The van der Waals surface area contributed by atoms with Crippen LogP contribution in [-0.2, 0) is 22.6 Å². The third-order valence-corrected chi connectivity index (χ3v) is 5.81. The molecule has 0 fully saturated rings. The molecule has 176 valence electrons. The molecular weight excluding hydrogens is 428 g/mol. The molecule has 0 saturated carbocycles. The fourth-order valence-corrected chi connectivity index (χ4v) is 4.05. The van der Waals surface area contributed by atoms with E-state index in [1.165, 1.54) is 13.4 Å². The van der Waals surface area contributed by atoms with E-state index < -0.39 is 0 Å². The van der Waals surface area contributed by atoms with Crippen molar-refractivity contribution >= 4 is 17.7 Å². The quantitative estimate of drug-likeness (QED) is 0.651. The molecule has 0 bridgehead atoms. The Morgan fingerprint density at radius 1 is 1.24 bits per heavy atom. The molecule has 3 heterocycles. The van der Waals surface area contributed by atoms with Crippen LogP contribution in [0.4, 0.5) is 0 Å². The van der Waals surface area contributed by atoms with Crippen molar-refractivity contribution in [2.75, 3.05) is 39.9 Å². The van der Waals surface area contributed by atoms with Gasteiger partial charge in [0.25, 0.3) is 5.91 Å². The maximum atomic E-state index is 13.2. The number of aromatic nitrogens is 3. The zero-order chi connectivity index (χ0) is 23.2. The van der Waals surface area contributed by atoms with E-state index in [9.17, 15) is 14.4 Å². The van der Waals surface area contributed by atoms with Crippen LogP contribution in [0.3, 0.4) is 0 Å². The predicted octanol–water partition coefficient (Wildman–Crippen LogP) is 0.00640. The van der Waals surface area contributed by atoms with Crippen LogP contribution in [0.5, 0.6) is 11.5 Å². The number of carbonyl (C=O) groups is 3. The summed E-state index contributed by atoms with van der Waals surface area (Å²) in [6.07, 6.45) is 3.35. The highest BCUT2D eigenvalue weighted by Gasteiger charge is 2.30. The maximum Gasteiger partial charge on any atom is 0.255 e. The van der Waals surface area contributed by atoms with E-state index in [-0.39, 0.29) is 43.3 Å². The largest absolute Gasteiger partial charge is 0.497 e. The number of carbonyl (C=O) groups excluding carboxylic acids is 3. The molecule has 2 aliphatic rings. The fraction of sp³-hybridized carbons (Fsp3) is 0.500. The summed E-state index contributed by atoms with van der Waals surface area (Å²) in [6, 6.07) is 4.98. The van der Waals surface area contributed by atoms with E-state index in [1.807, 2.05) is 0 Å². The average Bonchev–Trinajstić information content (AvgIpc) is 3.30. The molecular formula is C22H28N6O5. The predicted molar refractivity (Wildman–Crippen MR) is 117 cm³/mol. The van der Waals surface area contributed by atoms with Crippen LogP contribution in [0.15, 0.2) is 24.5 Å². The van der Waals surface area contributed by atoms with Crippen LogP contribution in [0.2, 0.25) is 0 Å². The first-order valence-electron chi connectivity index (χ1n) is 11.1. The third kappa shape index (κ3) is 5.41.